The number of methoxy groups -OCH3 is 1. The van der Waals surface area contributed by atoms with E-state index in [9.17, 15) is 18.4 Å². The van der Waals surface area contributed by atoms with Gasteiger partial charge in [0.05, 0.1) is 36.2 Å². The average Bonchev–Trinajstić information content (AvgIpc) is 3.29. The summed E-state index contributed by atoms with van der Waals surface area (Å²) < 4.78 is 39.4. The van der Waals surface area contributed by atoms with E-state index >= 15 is 0 Å². The van der Waals surface area contributed by atoms with Crippen molar-refractivity contribution in [2.45, 2.75) is 49.2 Å². The molecule has 0 radical (unpaired) electrons. The van der Waals surface area contributed by atoms with Crippen LogP contribution in [-0.4, -0.2) is 69.6 Å². The normalized spacial score (nSPS) is 18.4. The number of nitrogens with zero attached hydrogens (tertiary/aromatic N) is 6. The van der Waals surface area contributed by atoms with E-state index in [0.717, 1.165) is 12.1 Å². The highest BCUT2D eigenvalue weighted by Gasteiger charge is 2.43. The maximum absolute atomic E-state index is 14.5. The second kappa shape index (κ2) is 10.4. The number of fused-ring (bicyclic) bond motifs is 3. The summed E-state index contributed by atoms with van der Waals surface area (Å²) in [7, 11) is 1.29. The van der Waals surface area contributed by atoms with Crippen molar-refractivity contribution in [2.75, 3.05) is 30.0 Å². The van der Waals surface area contributed by atoms with Gasteiger partial charge in [0.2, 0.25) is 0 Å². The molecule has 0 aliphatic carbocycles. The Morgan fingerprint density at radius 2 is 1.87 bits per heavy atom. The maximum atomic E-state index is 14.5. The van der Waals surface area contributed by atoms with Crippen LogP contribution in [0.2, 0.25) is 0 Å². The first kappa shape index (κ1) is 26.7. The van der Waals surface area contributed by atoms with Crippen LogP contribution in [-0.2, 0) is 4.74 Å². The van der Waals surface area contributed by atoms with Crippen LogP contribution in [0.5, 0.6) is 5.75 Å². The van der Waals surface area contributed by atoms with Gasteiger partial charge in [-0.3, -0.25) is 9.69 Å². The van der Waals surface area contributed by atoms with Gasteiger partial charge < -0.3 is 14.4 Å². The summed E-state index contributed by atoms with van der Waals surface area (Å²) in [6, 6.07) is 3.43. The molecular formula is C26H26F2N6O4S. The number of hydrogen-bond acceptors (Lipinski definition) is 10. The molecule has 2 aliphatic heterocycles. The van der Waals surface area contributed by atoms with Crippen molar-refractivity contribution in [2.24, 2.45) is 0 Å². The van der Waals surface area contributed by atoms with E-state index < -0.39 is 23.3 Å². The number of carbonyl (C=O) groups excluding carboxylic acids is 2. The Balaban J connectivity index is 1.52. The van der Waals surface area contributed by atoms with Crippen LogP contribution in [0.15, 0.2) is 35.7 Å². The fourth-order valence-corrected chi connectivity index (χ4v) is 5.75. The van der Waals surface area contributed by atoms with E-state index in [1.165, 1.54) is 36.2 Å². The second-order valence-electron chi connectivity index (χ2n) is 10.2. The first-order valence-electron chi connectivity index (χ1n) is 12.2. The molecule has 0 unspecified atom stereocenters. The highest BCUT2D eigenvalue weighted by Crippen LogP contribution is 2.44. The minimum atomic E-state index is -0.862. The quantitative estimate of drug-likeness (QED) is 0.328. The van der Waals surface area contributed by atoms with Crippen molar-refractivity contribution in [3.8, 4) is 17.0 Å². The topological polar surface area (TPSA) is 111 Å². The second-order valence-corrected chi connectivity index (χ2v) is 11.5. The summed E-state index contributed by atoms with van der Waals surface area (Å²) >= 11 is 1.47. The van der Waals surface area contributed by atoms with E-state index in [-0.39, 0.29) is 34.1 Å². The lowest BCUT2D eigenvalue weighted by molar-refractivity contribution is 0.0575. The van der Waals surface area contributed by atoms with Gasteiger partial charge >= 0.3 is 6.09 Å². The molecule has 1 fully saturated rings. The van der Waals surface area contributed by atoms with Gasteiger partial charge in [-0.2, -0.15) is 0 Å². The molecule has 39 heavy (non-hydrogen) atoms. The first-order chi connectivity index (χ1) is 18.6. The zero-order chi connectivity index (χ0) is 27.9. The van der Waals surface area contributed by atoms with Gasteiger partial charge in [-0.1, -0.05) is 11.8 Å². The Morgan fingerprint density at radius 1 is 1.13 bits per heavy atom. The third-order valence-electron chi connectivity index (χ3n) is 6.25. The molecule has 2 aliphatic rings. The van der Waals surface area contributed by atoms with Crippen LogP contribution in [0, 0.1) is 11.6 Å². The molecule has 2 atom stereocenters. The summed E-state index contributed by atoms with van der Waals surface area (Å²) in [4.78, 5) is 36.2. The molecule has 13 heteroatoms. The van der Waals surface area contributed by atoms with Crippen LogP contribution < -0.4 is 14.5 Å². The Hall–Kier alpha value is -3.87. The molecule has 3 aromatic rings. The van der Waals surface area contributed by atoms with E-state index in [2.05, 4.69) is 25.1 Å². The van der Waals surface area contributed by atoms with Crippen molar-refractivity contribution in [3.05, 3.63) is 47.8 Å². The van der Waals surface area contributed by atoms with Crippen molar-refractivity contribution < 1.29 is 27.8 Å². The van der Waals surface area contributed by atoms with Crippen LogP contribution in [0.25, 0.3) is 11.3 Å². The number of hydrogen-bond donors (Lipinski definition) is 0. The van der Waals surface area contributed by atoms with Gasteiger partial charge in [-0.15, -0.1) is 10.2 Å². The highest BCUT2D eigenvalue weighted by molar-refractivity contribution is 7.99. The van der Waals surface area contributed by atoms with Gasteiger partial charge in [0, 0.05) is 36.3 Å². The van der Waals surface area contributed by atoms with Crippen LogP contribution in [0.4, 0.5) is 25.1 Å². The van der Waals surface area contributed by atoms with Gasteiger partial charge in [-0.25, -0.2) is 23.5 Å². The fourth-order valence-electron chi connectivity index (χ4n) is 4.67. The number of aldehydes is 1. The number of ether oxygens (including phenoxy) is 2. The lowest BCUT2D eigenvalue weighted by Crippen LogP contribution is -2.50. The fraction of sp³-hybridized carbons (Fsp3) is 0.385. The van der Waals surface area contributed by atoms with Crippen molar-refractivity contribution in [3.63, 3.8) is 0 Å². The number of aromatic nitrogens is 4. The molecule has 1 aromatic carbocycles. The Kier molecular flexibility index (Phi) is 7.10. The van der Waals surface area contributed by atoms with Crippen LogP contribution in [0.3, 0.4) is 0 Å². The smallest absolute Gasteiger partial charge is 0.416 e. The number of rotatable bonds is 5. The molecule has 4 heterocycles. The molecule has 1 saturated heterocycles. The van der Waals surface area contributed by atoms with Crippen molar-refractivity contribution in [1.29, 1.82) is 0 Å². The number of thioether (sulfide) groups is 1. The average molecular weight is 557 g/mol. The third-order valence-corrected chi connectivity index (χ3v) is 7.34. The molecule has 5 rings (SSSR count). The minimum Gasteiger partial charge on any atom is -0.493 e. The van der Waals surface area contributed by atoms with Gasteiger partial charge in [-0.05, 0) is 39.3 Å². The Labute approximate surface area is 227 Å². The summed E-state index contributed by atoms with van der Waals surface area (Å²) in [6.45, 7) is 6.22. The monoisotopic (exact) mass is 556 g/mol. The van der Waals surface area contributed by atoms with Gasteiger partial charge in [0.25, 0.3) is 0 Å². The minimum absolute atomic E-state index is 0.0567. The summed E-state index contributed by atoms with van der Waals surface area (Å²) in [5.41, 5.74) is 0.533. The third kappa shape index (κ3) is 5.49. The van der Waals surface area contributed by atoms with E-state index in [1.807, 2.05) is 0 Å². The maximum Gasteiger partial charge on any atom is 0.416 e. The van der Waals surface area contributed by atoms with E-state index in [0.29, 0.717) is 42.2 Å². The SMILES string of the molecule is COc1c(F)cc(F)cc1-c1cc2c(nn1)N(C(=O)OC(C)(C)C)C[C@H]1C[C@@H](Sc3ncc(C=O)cn3)CN21. The van der Waals surface area contributed by atoms with Crippen LogP contribution in [0.1, 0.15) is 37.6 Å². The Morgan fingerprint density at radius 3 is 2.54 bits per heavy atom. The Bertz CT molecular complexity index is 1420. The molecule has 204 valence electrons. The lowest BCUT2D eigenvalue weighted by Gasteiger charge is -2.39. The summed E-state index contributed by atoms with van der Waals surface area (Å²) in [6.07, 6.45) is 3.75. The predicted molar refractivity (Wildman–Crippen MR) is 140 cm³/mol. The largest absolute Gasteiger partial charge is 0.493 e. The summed E-state index contributed by atoms with van der Waals surface area (Å²) in [5.74, 6) is -1.52. The zero-order valence-corrected chi connectivity index (χ0v) is 22.5. The molecule has 0 spiro atoms. The van der Waals surface area contributed by atoms with Gasteiger partial charge in [0.1, 0.15) is 11.4 Å². The molecule has 1 amide bonds. The van der Waals surface area contributed by atoms with Crippen molar-refractivity contribution >= 4 is 35.6 Å². The van der Waals surface area contributed by atoms with E-state index in [1.54, 1.807) is 26.8 Å². The molecule has 0 saturated carbocycles. The first-order valence-corrected chi connectivity index (χ1v) is 13.1. The molecule has 0 bridgehead atoms. The highest BCUT2D eigenvalue weighted by atomic mass is 32.2. The molecular weight excluding hydrogens is 530 g/mol. The predicted octanol–water partition coefficient (Wildman–Crippen LogP) is 4.53. The number of carbonyl (C=O) groups is 2. The number of benzene rings is 1. The molecule has 2 aromatic heterocycles. The van der Waals surface area contributed by atoms with Crippen LogP contribution >= 0.6 is 11.8 Å². The zero-order valence-electron chi connectivity index (χ0n) is 21.7. The van der Waals surface area contributed by atoms with E-state index in [4.69, 9.17) is 9.47 Å². The molecule has 0 N–H and O–H groups in total. The van der Waals surface area contributed by atoms with Crippen molar-refractivity contribution in [1.82, 2.24) is 20.2 Å². The summed E-state index contributed by atoms with van der Waals surface area (Å²) in [5, 5.41) is 9.11. The standard InChI is InChI=1S/C26H26F2N6O4S/c1-26(2,3)38-25(36)34-11-16-7-17(39-24-29-9-14(13-35)10-30-24)12-33(16)21-8-20(31-32-23(21)34)18-5-15(27)6-19(28)22(18)37-4/h5-6,8-10,13,16-17H,7,11-12H2,1-4H3/t16-,17-/m1/s1. The number of anilines is 2. The molecule has 10 nitrogen and oxygen atoms in total. The lowest BCUT2D eigenvalue weighted by atomic mass is 10.1. The number of halogens is 2. The van der Waals surface area contributed by atoms with Gasteiger partial charge in [0.15, 0.2) is 28.8 Å². The number of amides is 1.